The van der Waals surface area contributed by atoms with Gasteiger partial charge in [0.05, 0.1) is 20.8 Å². The van der Waals surface area contributed by atoms with Gasteiger partial charge in [0.1, 0.15) is 0 Å². The van der Waals surface area contributed by atoms with Crippen molar-refractivity contribution in [2.24, 2.45) is 4.99 Å². The van der Waals surface area contributed by atoms with E-state index in [1.807, 2.05) is 12.1 Å². The third-order valence-electron chi connectivity index (χ3n) is 4.14. The summed E-state index contributed by atoms with van der Waals surface area (Å²) >= 11 is 0. The third-order valence-corrected chi connectivity index (χ3v) is 4.14. The van der Waals surface area contributed by atoms with Crippen molar-refractivity contribution < 1.29 is 14.2 Å². The van der Waals surface area contributed by atoms with E-state index < -0.39 is 0 Å². The minimum absolute atomic E-state index is 0. The van der Waals surface area contributed by atoms with Crippen LogP contribution in [-0.2, 0) is 11.2 Å². The molecule has 0 aliphatic heterocycles. The minimum Gasteiger partial charge on any atom is -0.493 e. The molecule has 0 aliphatic carbocycles. The number of guanidine groups is 1. The van der Waals surface area contributed by atoms with Gasteiger partial charge >= 0.3 is 0 Å². The van der Waals surface area contributed by atoms with Gasteiger partial charge in [-0.1, -0.05) is 6.07 Å². The van der Waals surface area contributed by atoms with Crippen LogP contribution in [0.2, 0.25) is 0 Å². The van der Waals surface area contributed by atoms with E-state index in [-0.39, 0.29) is 24.0 Å². The predicted octanol–water partition coefficient (Wildman–Crippen LogP) is 2.39. The molecule has 0 radical (unpaired) electrons. The summed E-state index contributed by atoms with van der Waals surface area (Å²) in [4.78, 5) is 6.92. The summed E-state index contributed by atoms with van der Waals surface area (Å²) in [6, 6.07) is 6.01. The monoisotopic (exact) mass is 508 g/mol. The summed E-state index contributed by atoms with van der Waals surface area (Å²) in [5.74, 6) is 2.36. The molecule has 1 rings (SSSR count). The zero-order valence-corrected chi connectivity index (χ0v) is 20.2. The van der Waals surface area contributed by atoms with E-state index in [1.54, 1.807) is 21.3 Å². The molecule has 0 saturated heterocycles. The summed E-state index contributed by atoms with van der Waals surface area (Å²) < 4.78 is 15.7. The number of aliphatic imine (C=N–C) groups is 1. The summed E-state index contributed by atoms with van der Waals surface area (Å²) in [6.07, 6.45) is 1.92. The first-order valence-corrected chi connectivity index (χ1v) is 9.55. The summed E-state index contributed by atoms with van der Waals surface area (Å²) in [6.45, 7) is 7.21. The Hall–Kier alpha value is -1.26. The number of rotatable bonds is 13. The normalized spacial score (nSPS) is 11.1. The lowest BCUT2D eigenvalue weighted by Gasteiger charge is -2.16. The largest absolute Gasteiger partial charge is 0.493 e. The molecule has 0 spiro atoms. The van der Waals surface area contributed by atoms with Crippen molar-refractivity contribution in [1.82, 2.24) is 15.5 Å². The number of likely N-dealkylation sites (N-methyl/N-ethyl adjacent to an activating group) is 1. The maximum atomic E-state index is 5.36. The molecule has 1 aromatic carbocycles. The van der Waals surface area contributed by atoms with Gasteiger partial charge in [-0.15, -0.1) is 24.0 Å². The van der Waals surface area contributed by atoms with Crippen LogP contribution >= 0.6 is 24.0 Å². The Morgan fingerprint density at radius 1 is 1.07 bits per heavy atom. The Morgan fingerprint density at radius 2 is 1.82 bits per heavy atom. The second-order valence-corrected chi connectivity index (χ2v) is 6.28. The molecule has 8 heteroatoms. The number of halogens is 1. The number of benzene rings is 1. The van der Waals surface area contributed by atoms with Crippen molar-refractivity contribution in [1.29, 1.82) is 0 Å². The number of methoxy groups -OCH3 is 3. The van der Waals surface area contributed by atoms with Crippen LogP contribution in [0.25, 0.3) is 0 Å². The first-order valence-electron chi connectivity index (χ1n) is 9.55. The summed E-state index contributed by atoms with van der Waals surface area (Å²) in [7, 11) is 7.15. The molecule has 0 fully saturated rings. The van der Waals surface area contributed by atoms with E-state index in [0.717, 1.165) is 69.6 Å². The molecule has 0 heterocycles. The van der Waals surface area contributed by atoms with Gasteiger partial charge in [-0.2, -0.15) is 0 Å². The Kier molecular flexibility index (Phi) is 15.9. The molecule has 0 bridgehead atoms. The van der Waals surface area contributed by atoms with Crippen LogP contribution in [-0.4, -0.2) is 78.6 Å². The van der Waals surface area contributed by atoms with Crippen LogP contribution in [0, 0.1) is 0 Å². The van der Waals surface area contributed by atoms with Crippen molar-refractivity contribution in [2.45, 2.75) is 19.8 Å². The lowest BCUT2D eigenvalue weighted by atomic mass is 10.1. The number of nitrogens with one attached hydrogen (secondary N) is 2. The first-order chi connectivity index (χ1) is 13.1. The smallest absolute Gasteiger partial charge is 0.191 e. The third kappa shape index (κ3) is 10.9. The summed E-state index contributed by atoms with van der Waals surface area (Å²) in [5.41, 5.74) is 1.19. The topological polar surface area (TPSA) is 67.4 Å². The van der Waals surface area contributed by atoms with E-state index in [2.05, 4.69) is 40.6 Å². The molecule has 162 valence electrons. The fourth-order valence-electron chi connectivity index (χ4n) is 2.63. The van der Waals surface area contributed by atoms with Crippen LogP contribution in [0.5, 0.6) is 11.5 Å². The van der Waals surface area contributed by atoms with E-state index >= 15 is 0 Å². The minimum atomic E-state index is 0. The molecule has 0 aromatic heterocycles. The van der Waals surface area contributed by atoms with Crippen molar-refractivity contribution in [3.8, 4) is 11.5 Å². The molecule has 0 atom stereocenters. The average Bonchev–Trinajstić information content (AvgIpc) is 2.68. The van der Waals surface area contributed by atoms with Gasteiger partial charge in [0.25, 0.3) is 0 Å². The Bertz CT molecular complexity index is 558. The molecule has 1 aromatic rings. The molecular formula is C20H37IN4O3. The van der Waals surface area contributed by atoms with Gasteiger partial charge in [-0.3, -0.25) is 4.99 Å². The number of ether oxygens (including phenoxy) is 3. The maximum Gasteiger partial charge on any atom is 0.191 e. The molecule has 0 amide bonds. The van der Waals surface area contributed by atoms with Gasteiger partial charge in [0.15, 0.2) is 17.5 Å². The molecule has 0 aliphatic rings. The lowest BCUT2D eigenvalue weighted by Crippen LogP contribution is -2.39. The van der Waals surface area contributed by atoms with E-state index in [1.165, 1.54) is 5.56 Å². The predicted molar refractivity (Wildman–Crippen MR) is 127 cm³/mol. The molecule has 2 N–H and O–H groups in total. The Balaban J connectivity index is 0.00000729. The lowest BCUT2D eigenvalue weighted by molar-refractivity contribution is 0.180. The molecular weight excluding hydrogens is 471 g/mol. The van der Waals surface area contributed by atoms with Crippen LogP contribution in [0.15, 0.2) is 23.2 Å². The number of hydrogen-bond donors (Lipinski definition) is 2. The maximum absolute atomic E-state index is 5.36. The van der Waals surface area contributed by atoms with Gasteiger partial charge in [-0.25, -0.2) is 0 Å². The summed E-state index contributed by atoms with van der Waals surface area (Å²) in [5, 5.41) is 6.68. The van der Waals surface area contributed by atoms with Gasteiger partial charge in [0, 0.05) is 39.9 Å². The molecule has 28 heavy (non-hydrogen) atoms. The number of hydrogen-bond acceptors (Lipinski definition) is 5. The van der Waals surface area contributed by atoms with Crippen LogP contribution in [0.1, 0.15) is 18.9 Å². The second-order valence-electron chi connectivity index (χ2n) is 6.28. The highest BCUT2D eigenvalue weighted by molar-refractivity contribution is 14.0. The van der Waals surface area contributed by atoms with E-state index in [9.17, 15) is 0 Å². The van der Waals surface area contributed by atoms with Crippen LogP contribution in [0.4, 0.5) is 0 Å². The zero-order valence-electron chi connectivity index (χ0n) is 17.9. The van der Waals surface area contributed by atoms with Gasteiger partial charge in [-0.05, 0) is 44.5 Å². The molecule has 7 nitrogen and oxygen atoms in total. The Labute approximate surface area is 187 Å². The van der Waals surface area contributed by atoms with Crippen molar-refractivity contribution in [3.05, 3.63) is 23.8 Å². The van der Waals surface area contributed by atoms with E-state index in [4.69, 9.17) is 14.2 Å². The van der Waals surface area contributed by atoms with E-state index in [0.29, 0.717) is 0 Å². The quantitative estimate of drug-likeness (QED) is 0.185. The van der Waals surface area contributed by atoms with Crippen molar-refractivity contribution in [3.63, 3.8) is 0 Å². The Morgan fingerprint density at radius 3 is 2.46 bits per heavy atom. The highest BCUT2D eigenvalue weighted by Crippen LogP contribution is 2.27. The van der Waals surface area contributed by atoms with Gasteiger partial charge < -0.3 is 29.7 Å². The van der Waals surface area contributed by atoms with Crippen LogP contribution < -0.4 is 20.1 Å². The van der Waals surface area contributed by atoms with Crippen molar-refractivity contribution >= 4 is 29.9 Å². The zero-order chi connectivity index (χ0) is 19.9. The average molecular weight is 508 g/mol. The standard InChI is InChI=1S/C20H36N4O3.HI/c1-6-21-20(23-12-14-24(2)13-7-15-25-3)22-11-10-17-8-9-18(26-4)19(16-17)27-5;/h8-9,16H,6-7,10-15H2,1-5H3,(H2,21,22,23);1H. The van der Waals surface area contributed by atoms with Gasteiger partial charge in [0.2, 0.25) is 0 Å². The van der Waals surface area contributed by atoms with Crippen molar-refractivity contribution in [2.75, 3.05) is 67.7 Å². The highest BCUT2D eigenvalue weighted by Gasteiger charge is 2.05. The molecule has 0 saturated carbocycles. The van der Waals surface area contributed by atoms with Crippen LogP contribution in [0.3, 0.4) is 0 Å². The first kappa shape index (κ1) is 26.7. The highest BCUT2D eigenvalue weighted by atomic mass is 127. The number of nitrogens with zero attached hydrogens (tertiary/aromatic N) is 2. The fourth-order valence-corrected chi connectivity index (χ4v) is 2.63. The second kappa shape index (κ2) is 16.7. The fraction of sp³-hybridized carbons (Fsp3) is 0.650. The SMILES string of the molecule is CCNC(=NCCN(C)CCCOC)NCCc1ccc(OC)c(OC)c1.I. The molecule has 0 unspecified atom stereocenters.